The van der Waals surface area contributed by atoms with E-state index in [9.17, 15) is 5.11 Å². The summed E-state index contributed by atoms with van der Waals surface area (Å²) in [6.45, 7) is 10.8. The summed E-state index contributed by atoms with van der Waals surface area (Å²) < 4.78 is 2.51. The van der Waals surface area contributed by atoms with Crippen LogP contribution in [0.2, 0.25) is 0 Å². The monoisotopic (exact) mass is 504 g/mol. The zero-order valence-electron chi connectivity index (χ0n) is 22.3. The Balaban J connectivity index is 1.20. The van der Waals surface area contributed by atoms with Crippen LogP contribution in [0.1, 0.15) is 58.6 Å². The summed E-state index contributed by atoms with van der Waals surface area (Å²) >= 11 is 0. The number of hydrogen-bond donors (Lipinski definition) is 3. The van der Waals surface area contributed by atoms with Gasteiger partial charge in [-0.3, -0.25) is 4.90 Å². The van der Waals surface area contributed by atoms with Gasteiger partial charge in [-0.05, 0) is 51.8 Å². The van der Waals surface area contributed by atoms with Crippen molar-refractivity contribution in [2.75, 3.05) is 36.4 Å². The lowest BCUT2D eigenvalue weighted by Gasteiger charge is -2.45. The van der Waals surface area contributed by atoms with Gasteiger partial charge in [0, 0.05) is 62.1 Å². The van der Waals surface area contributed by atoms with E-state index in [1.54, 1.807) is 0 Å². The predicted octanol–water partition coefficient (Wildman–Crippen LogP) is 3.61. The molecule has 9 heteroatoms. The highest BCUT2D eigenvalue weighted by atomic mass is 16.3. The van der Waals surface area contributed by atoms with E-state index in [-0.39, 0.29) is 11.6 Å². The van der Waals surface area contributed by atoms with Crippen LogP contribution in [-0.4, -0.2) is 73.9 Å². The van der Waals surface area contributed by atoms with E-state index in [2.05, 4.69) is 56.0 Å². The van der Waals surface area contributed by atoms with Gasteiger partial charge in [0.2, 0.25) is 5.95 Å². The fourth-order valence-corrected chi connectivity index (χ4v) is 6.87. The molecule has 0 unspecified atom stereocenters. The number of rotatable bonds is 5. The molecule has 9 nitrogen and oxygen atoms in total. The number of hydrogen-bond acceptors (Lipinski definition) is 8. The van der Waals surface area contributed by atoms with Crippen molar-refractivity contribution in [2.45, 2.75) is 83.1 Å². The lowest BCUT2D eigenvalue weighted by Crippen LogP contribution is -2.58. The van der Waals surface area contributed by atoms with Crippen LogP contribution in [-0.2, 0) is 12.1 Å². The Bertz CT molecular complexity index is 1220. The Hall–Kier alpha value is -2.75. The van der Waals surface area contributed by atoms with Crippen molar-refractivity contribution in [1.82, 2.24) is 29.7 Å². The third kappa shape index (κ3) is 4.69. The predicted molar refractivity (Wildman–Crippen MR) is 147 cm³/mol. The van der Waals surface area contributed by atoms with Crippen LogP contribution in [0, 0.1) is 0 Å². The van der Waals surface area contributed by atoms with Crippen LogP contribution in [0.15, 0.2) is 30.6 Å². The number of β-amino-alcohol motifs (C(OH)–C–C–N with tert-alkyl or cyclic N) is 1. The third-order valence-electron chi connectivity index (χ3n) is 8.57. The zero-order valence-corrected chi connectivity index (χ0v) is 22.3. The van der Waals surface area contributed by atoms with E-state index >= 15 is 0 Å². The van der Waals surface area contributed by atoms with Crippen molar-refractivity contribution >= 4 is 28.5 Å². The summed E-state index contributed by atoms with van der Waals surface area (Å²) in [7, 11) is 0. The molecule has 0 amide bonds. The number of aliphatic hydroxyl groups excluding tert-OH is 1. The molecule has 1 saturated carbocycles. The number of anilines is 3. The van der Waals surface area contributed by atoms with Crippen LogP contribution < -0.4 is 15.5 Å². The number of pyridine rings is 1. The number of aliphatic hydroxyl groups is 1. The molecule has 1 spiro atoms. The molecule has 37 heavy (non-hydrogen) atoms. The second-order valence-corrected chi connectivity index (χ2v) is 11.5. The molecule has 3 atom stereocenters. The van der Waals surface area contributed by atoms with E-state index in [1.807, 2.05) is 25.4 Å². The standard InChI is InChI=1S/C28H40N8O/c1-19-15-34(16-20(2)35(19)17-21(3)37)23-7-8-25(30-14-23)32-27-31-12-22-11-24-13-29-18-28(9-5-4-6-10-28)36(24)26(22)33-27/h7-8,11-12,14,19-21,29,37H,4-6,9-10,13,15-18H2,1-3H3,(H,30,31,32,33)/t19-,20+,21-/m0/s1. The average Bonchev–Trinajstić information content (AvgIpc) is 3.26. The molecule has 0 bridgehead atoms. The maximum atomic E-state index is 9.86. The highest BCUT2D eigenvalue weighted by Gasteiger charge is 2.39. The normalized spacial score (nSPS) is 24.8. The van der Waals surface area contributed by atoms with Crippen molar-refractivity contribution < 1.29 is 5.11 Å². The molecule has 1 aliphatic carbocycles. The van der Waals surface area contributed by atoms with E-state index < -0.39 is 0 Å². The number of fused-ring (bicyclic) bond motifs is 4. The van der Waals surface area contributed by atoms with Gasteiger partial charge in [0.1, 0.15) is 11.5 Å². The summed E-state index contributed by atoms with van der Waals surface area (Å²) in [5.74, 6) is 1.34. The Morgan fingerprint density at radius 2 is 1.89 bits per heavy atom. The highest BCUT2D eigenvalue weighted by Crippen LogP contribution is 2.40. The quantitative estimate of drug-likeness (QED) is 0.485. The molecule has 3 aromatic heterocycles. The molecule has 5 heterocycles. The lowest BCUT2D eigenvalue weighted by atomic mass is 9.80. The van der Waals surface area contributed by atoms with Gasteiger partial charge in [0.05, 0.1) is 23.5 Å². The van der Waals surface area contributed by atoms with Crippen LogP contribution in [0.5, 0.6) is 0 Å². The van der Waals surface area contributed by atoms with Crippen molar-refractivity contribution in [1.29, 1.82) is 0 Å². The Morgan fingerprint density at radius 3 is 2.59 bits per heavy atom. The van der Waals surface area contributed by atoms with Crippen molar-refractivity contribution in [3.8, 4) is 0 Å². The molecular weight excluding hydrogens is 464 g/mol. The summed E-state index contributed by atoms with van der Waals surface area (Å²) in [5, 5.41) is 18.0. The third-order valence-corrected chi connectivity index (χ3v) is 8.57. The van der Waals surface area contributed by atoms with Crippen LogP contribution >= 0.6 is 0 Å². The Morgan fingerprint density at radius 1 is 1.11 bits per heavy atom. The minimum Gasteiger partial charge on any atom is -0.392 e. The van der Waals surface area contributed by atoms with Gasteiger partial charge in [0.25, 0.3) is 0 Å². The van der Waals surface area contributed by atoms with Crippen LogP contribution in [0.4, 0.5) is 17.5 Å². The molecule has 6 rings (SSSR count). The van der Waals surface area contributed by atoms with E-state index in [1.165, 1.54) is 37.8 Å². The minimum atomic E-state index is -0.313. The fraction of sp³-hybridized carbons (Fsp3) is 0.607. The summed E-state index contributed by atoms with van der Waals surface area (Å²) in [6.07, 6.45) is 9.86. The number of aromatic nitrogens is 4. The number of nitrogens with zero attached hydrogens (tertiary/aromatic N) is 6. The number of nitrogens with one attached hydrogen (secondary N) is 2. The first-order valence-corrected chi connectivity index (χ1v) is 13.9. The van der Waals surface area contributed by atoms with Gasteiger partial charge in [-0.25, -0.2) is 9.97 Å². The molecule has 2 aliphatic heterocycles. The average molecular weight is 505 g/mol. The maximum absolute atomic E-state index is 9.86. The first-order valence-electron chi connectivity index (χ1n) is 13.9. The maximum Gasteiger partial charge on any atom is 0.230 e. The molecule has 2 fully saturated rings. The summed E-state index contributed by atoms with van der Waals surface area (Å²) in [6, 6.07) is 7.12. The van der Waals surface area contributed by atoms with Gasteiger partial charge < -0.3 is 25.2 Å². The highest BCUT2D eigenvalue weighted by molar-refractivity contribution is 5.78. The van der Waals surface area contributed by atoms with E-state index in [4.69, 9.17) is 9.97 Å². The Kier molecular flexibility index (Phi) is 6.54. The largest absolute Gasteiger partial charge is 0.392 e. The second-order valence-electron chi connectivity index (χ2n) is 11.5. The molecule has 1 saturated heterocycles. The van der Waals surface area contributed by atoms with Crippen LogP contribution in [0.25, 0.3) is 11.0 Å². The number of piperazine rings is 1. The van der Waals surface area contributed by atoms with Crippen molar-refractivity contribution in [2.24, 2.45) is 0 Å². The first kappa shape index (κ1) is 24.6. The molecule has 3 aromatic rings. The molecule has 198 valence electrons. The van der Waals surface area contributed by atoms with Gasteiger partial charge in [0.15, 0.2) is 0 Å². The molecule has 0 radical (unpaired) electrons. The summed E-state index contributed by atoms with van der Waals surface area (Å²) in [4.78, 5) is 19.1. The molecule has 3 aliphatic rings. The lowest BCUT2D eigenvalue weighted by molar-refractivity contribution is 0.0653. The van der Waals surface area contributed by atoms with Crippen LogP contribution in [0.3, 0.4) is 0 Å². The smallest absolute Gasteiger partial charge is 0.230 e. The Labute approximate surface area is 219 Å². The van der Waals surface area contributed by atoms with E-state index in [0.29, 0.717) is 24.6 Å². The van der Waals surface area contributed by atoms with Gasteiger partial charge in [-0.15, -0.1) is 0 Å². The van der Waals surface area contributed by atoms with Gasteiger partial charge in [-0.1, -0.05) is 19.3 Å². The van der Waals surface area contributed by atoms with Gasteiger partial charge in [-0.2, -0.15) is 4.98 Å². The SMILES string of the molecule is C[C@H](O)CN1[C@H](C)CN(c2ccc(Nc3ncc4cc5n(c4n3)C3(CCCCC3)CNC5)nc2)C[C@@H]1C. The van der Waals surface area contributed by atoms with E-state index in [0.717, 1.165) is 48.7 Å². The summed E-state index contributed by atoms with van der Waals surface area (Å²) in [5.41, 5.74) is 3.59. The van der Waals surface area contributed by atoms with Crippen molar-refractivity contribution in [3.63, 3.8) is 0 Å². The van der Waals surface area contributed by atoms with Gasteiger partial charge >= 0.3 is 0 Å². The minimum absolute atomic E-state index is 0.132. The fourth-order valence-electron chi connectivity index (χ4n) is 6.87. The zero-order chi connectivity index (χ0) is 25.6. The topological polar surface area (TPSA) is 94.4 Å². The van der Waals surface area contributed by atoms with Crippen molar-refractivity contribution in [3.05, 3.63) is 36.3 Å². The second kappa shape index (κ2) is 9.85. The molecular formula is C28H40N8O. The molecule has 0 aromatic carbocycles. The first-order chi connectivity index (χ1) is 17.9. The molecule has 3 N–H and O–H groups in total.